The monoisotopic (exact) mass is 316 g/mol. The molecule has 0 heterocycles. The van der Waals surface area contributed by atoms with Gasteiger partial charge < -0.3 is 15.3 Å². The van der Waals surface area contributed by atoms with Gasteiger partial charge in [-0.2, -0.15) is 0 Å². The van der Waals surface area contributed by atoms with Gasteiger partial charge in [0.2, 0.25) is 0 Å². The summed E-state index contributed by atoms with van der Waals surface area (Å²) < 4.78 is 0. The highest BCUT2D eigenvalue weighted by Gasteiger charge is 2.09. The summed E-state index contributed by atoms with van der Waals surface area (Å²) in [5.74, 6) is 0. The predicted molar refractivity (Wildman–Crippen MR) is 99.5 cm³/mol. The number of rotatable bonds is 3. The second kappa shape index (κ2) is 9.18. The van der Waals surface area contributed by atoms with Crippen LogP contribution in [0, 0.1) is 6.92 Å². The Labute approximate surface area is 138 Å². The zero-order valence-electron chi connectivity index (χ0n) is 13.6. The van der Waals surface area contributed by atoms with E-state index in [0.29, 0.717) is 5.11 Å². The van der Waals surface area contributed by atoms with Gasteiger partial charge in [0.25, 0.3) is 0 Å². The molecule has 3 nitrogen and oxygen atoms in total. The standard InChI is InChI=1S/C16H18N2OS.C2H6/c1-12-6-5-8-14(10-12)18(2)16(20)17-15-9-4-3-7-13(15)11-19;1-2/h3-10,19H,11H2,1-2H3,(H,17,20);1-2H3. The normalized spacial score (nSPS) is 9.50. The van der Waals surface area contributed by atoms with Crippen LogP contribution in [0.1, 0.15) is 25.0 Å². The zero-order chi connectivity index (χ0) is 16.5. The number of anilines is 2. The lowest BCUT2D eigenvalue weighted by Crippen LogP contribution is -2.31. The molecule has 0 atom stereocenters. The van der Waals surface area contributed by atoms with Crippen LogP contribution in [0.5, 0.6) is 0 Å². The van der Waals surface area contributed by atoms with Crippen LogP contribution in [-0.2, 0) is 6.61 Å². The van der Waals surface area contributed by atoms with Crippen molar-refractivity contribution in [3.63, 3.8) is 0 Å². The molecular formula is C18H24N2OS. The summed E-state index contributed by atoms with van der Waals surface area (Å²) in [6, 6.07) is 15.7. The first-order chi connectivity index (χ1) is 10.6. The fourth-order valence-corrected chi connectivity index (χ4v) is 2.15. The molecule has 0 aliphatic heterocycles. The first kappa shape index (κ1) is 18.1. The predicted octanol–water partition coefficient (Wildman–Crippen LogP) is 4.35. The fourth-order valence-electron chi connectivity index (χ4n) is 1.93. The molecule has 2 aromatic carbocycles. The van der Waals surface area contributed by atoms with Gasteiger partial charge in [0, 0.05) is 24.0 Å². The Morgan fingerprint density at radius 2 is 1.82 bits per heavy atom. The number of hydrogen-bond donors (Lipinski definition) is 2. The van der Waals surface area contributed by atoms with E-state index in [1.807, 2.05) is 62.2 Å². The highest BCUT2D eigenvalue weighted by Crippen LogP contribution is 2.18. The summed E-state index contributed by atoms with van der Waals surface area (Å²) in [7, 11) is 1.92. The minimum absolute atomic E-state index is 0.0139. The first-order valence-corrected chi connectivity index (χ1v) is 7.83. The van der Waals surface area contributed by atoms with Gasteiger partial charge in [-0.05, 0) is 42.9 Å². The molecule has 0 aromatic heterocycles. The maximum absolute atomic E-state index is 9.33. The van der Waals surface area contributed by atoms with Crippen LogP contribution in [0.3, 0.4) is 0 Å². The Kier molecular flexibility index (Phi) is 7.57. The van der Waals surface area contributed by atoms with Gasteiger partial charge in [-0.15, -0.1) is 0 Å². The Hall–Kier alpha value is -1.91. The van der Waals surface area contributed by atoms with E-state index >= 15 is 0 Å². The third kappa shape index (κ3) is 4.83. The van der Waals surface area contributed by atoms with Gasteiger partial charge >= 0.3 is 0 Å². The number of thiocarbonyl (C=S) groups is 1. The van der Waals surface area contributed by atoms with Crippen LogP contribution >= 0.6 is 12.2 Å². The molecule has 0 spiro atoms. The molecule has 0 saturated carbocycles. The molecular weight excluding hydrogens is 292 g/mol. The Morgan fingerprint density at radius 3 is 2.45 bits per heavy atom. The molecule has 0 bridgehead atoms. The van der Waals surface area contributed by atoms with E-state index in [2.05, 4.69) is 24.4 Å². The SMILES string of the molecule is CC.Cc1cccc(N(C)C(=S)Nc2ccccc2CO)c1. The lowest BCUT2D eigenvalue weighted by Gasteiger charge is -2.22. The summed E-state index contributed by atoms with van der Waals surface area (Å²) in [6.45, 7) is 6.04. The van der Waals surface area contributed by atoms with E-state index in [0.717, 1.165) is 16.9 Å². The van der Waals surface area contributed by atoms with Gasteiger partial charge in [0.05, 0.1) is 6.61 Å². The van der Waals surface area contributed by atoms with Crippen molar-refractivity contribution in [2.45, 2.75) is 27.4 Å². The van der Waals surface area contributed by atoms with Crippen molar-refractivity contribution < 1.29 is 5.11 Å². The van der Waals surface area contributed by atoms with Gasteiger partial charge in [0.15, 0.2) is 5.11 Å². The third-order valence-electron chi connectivity index (χ3n) is 3.12. The number of nitrogens with zero attached hydrogens (tertiary/aromatic N) is 1. The van der Waals surface area contributed by atoms with Gasteiger partial charge in [-0.1, -0.05) is 44.2 Å². The molecule has 0 aliphatic carbocycles. The summed E-state index contributed by atoms with van der Waals surface area (Å²) in [5, 5.41) is 13.1. The molecule has 2 rings (SSSR count). The second-order valence-electron chi connectivity index (χ2n) is 4.64. The van der Waals surface area contributed by atoms with E-state index < -0.39 is 0 Å². The van der Waals surface area contributed by atoms with Crippen LogP contribution in [-0.4, -0.2) is 17.3 Å². The average Bonchev–Trinajstić information content (AvgIpc) is 2.56. The van der Waals surface area contributed by atoms with Crippen LogP contribution < -0.4 is 10.2 Å². The number of para-hydroxylation sites is 1. The molecule has 0 fully saturated rings. The zero-order valence-corrected chi connectivity index (χ0v) is 14.4. The smallest absolute Gasteiger partial charge is 0.177 e. The number of aliphatic hydroxyl groups excluding tert-OH is 1. The molecule has 0 radical (unpaired) electrons. The lowest BCUT2D eigenvalue weighted by atomic mass is 10.2. The molecule has 22 heavy (non-hydrogen) atoms. The average molecular weight is 316 g/mol. The highest BCUT2D eigenvalue weighted by atomic mass is 32.1. The number of benzene rings is 2. The fraction of sp³-hybridized carbons (Fsp3) is 0.278. The summed E-state index contributed by atoms with van der Waals surface area (Å²) in [4.78, 5) is 1.91. The van der Waals surface area contributed by atoms with E-state index in [-0.39, 0.29) is 6.61 Å². The van der Waals surface area contributed by atoms with Gasteiger partial charge in [-0.25, -0.2) is 0 Å². The Balaban J connectivity index is 0.00000116. The quantitative estimate of drug-likeness (QED) is 0.825. The van der Waals surface area contributed by atoms with Crippen molar-refractivity contribution in [2.75, 3.05) is 17.3 Å². The molecule has 0 aliphatic rings. The minimum atomic E-state index is -0.0139. The largest absolute Gasteiger partial charge is 0.392 e. The molecule has 0 saturated heterocycles. The van der Waals surface area contributed by atoms with Crippen molar-refractivity contribution in [1.29, 1.82) is 0 Å². The van der Waals surface area contributed by atoms with Crippen molar-refractivity contribution in [2.24, 2.45) is 0 Å². The van der Waals surface area contributed by atoms with Crippen LogP contribution in [0.15, 0.2) is 48.5 Å². The number of hydrogen-bond acceptors (Lipinski definition) is 2. The summed E-state index contributed by atoms with van der Waals surface area (Å²) in [6.07, 6.45) is 0. The maximum Gasteiger partial charge on any atom is 0.177 e. The van der Waals surface area contributed by atoms with Crippen LogP contribution in [0.4, 0.5) is 11.4 Å². The first-order valence-electron chi connectivity index (χ1n) is 7.42. The Morgan fingerprint density at radius 1 is 1.14 bits per heavy atom. The molecule has 0 amide bonds. The molecule has 4 heteroatoms. The number of nitrogens with one attached hydrogen (secondary N) is 1. The Bertz CT molecular complexity index is 614. The van der Waals surface area contributed by atoms with Crippen LogP contribution in [0.2, 0.25) is 0 Å². The van der Waals surface area contributed by atoms with Crippen molar-refractivity contribution in [3.8, 4) is 0 Å². The topological polar surface area (TPSA) is 35.5 Å². The highest BCUT2D eigenvalue weighted by molar-refractivity contribution is 7.80. The molecule has 0 unspecified atom stereocenters. The maximum atomic E-state index is 9.33. The van der Waals surface area contributed by atoms with E-state index in [9.17, 15) is 5.11 Å². The molecule has 2 N–H and O–H groups in total. The van der Waals surface area contributed by atoms with Crippen molar-refractivity contribution in [1.82, 2.24) is 0 Å². The van der Waals surface area contributed by atoms with Crippen molar-refractivity contribution >= 4 is 28.7 Å². The number of aryl methyl sites for hydroxylation is 1. The summed E-state index contributed by atoms with van der Waals surface area (Å²) >= 11 is 5.42. The minimum Gasteiger partial charge on any atom is -0.392 e. The van der Waals surface area contributed by atoms with E-state index in [1.54, 1.807) is 0 Å². The van der Waals surface area contributed by atoms with Crippen LogP contribution in [0.25, 0.3) is 0 Å². The summed E-state index contributed by atoms with van der Waals surface area (Å²) in [5.41, 5.74) is 3.88. The van der Waals surface area contributed by atoms with E-state index in [4.69, 9.17) is 12.2 Å². The second-order valence-corrected chi connectivity index (χ2v) is 5.03. The third-order valence-corrected chi connectivity index (χ3v) is 3.50. The molecule has 2 aromatic rings. The van der Waals surface area contributed by atoms with E-state index in [1.165, 1.54) is 5.56 Å². The van der Waals surface area contributed by atoms with Gasteiger partial charge in [-0.3, -0.25) is 0 Å². The molecule has 118 valence electrons. The van der Waals surface area contributed by atoms with Gasteiger partial charge in [0.1, 0.15) is 0 Å². The van der Waals surface area contributed by atoms with Crippen molar-refractivity contribution in [3.05, 3.63) is 59.7 Å². The lowest BCUT2D eigenvalue weighted by molar-refractivity contribution is 0.282. The number of aliphatic hydroxyl groups is 1.